The fraction of sp³-hybridized carbons (Fsp3) is 0.417. The van der Waals surface area contributed by atoms with Gasteiger partial charge in [0.05, 0.1) is 12.6 Å². The van der Waals surface area contributed by atoms with E-state index in [0.29, 0.717) is 37.8 Å². The van der Waals surface area contributed by atoms with Crippen molar-refractivity contribution in [3.05, 3.63) is 59.9 Å². The number of hydrogen-bond donors (Lipinski definition) is 2. The first kappa shape index (κ1) is 22.9. The van der Waals surface area contributed by atoms with Gasteiger partial charge in [-0.2, -0.15) is 0 Å². The number of nitrogens with zero attached hydrogens (tertiary/aromatic N) is 2. The van der Waals surface area contributed by atoms with Crippen LogP contribution in [0.25, 0.3) is 0 Å². The molecule has 2 aromatic rings. The molecule has 166 valence electrons. The standard InChI is InChI=1S/C24H31FN4O2/c1-17(2)19-7-9-21(10-8-19)27-24(31)18(3)29-13-11-28(12-14-29)16-23(30)26-22-6-4-5-20(25)15-22/h4-10,15,17-18H,11-14,16H2,1-3H3,(H,26,30)(H,27,31)/t18-/m1/s1. The Morgan fingerprint density at radius 1 is 0.935 bits per heavy atom. The van der Waals surface area contributed by atoms with Crippen molar-refractivity contribution in [2.75, 3.05) is 43.4 Å². The molecular weight excluding hydrogens is 395 g/mol. The number of benzene rings is 2. The maximum Gasteiger partial charge on any atom is 0.241 e. The fourth-order valence-electron chi connectivity index (χ4n) is 3.64. The van der Waals surface area contributed by atoms with E-state index in [1.54, 1.807) is 12.1 Å². The van der Waals surface area contributed by atoms with Crippen LogP contribution in [0.4, 0.5) is 15.8 Å². The Bertz CT molecular complexity index is 893. The van der Waals surface area contributed by atoms with Gasteiger partial charge in [-0.3, -0.25) is 19.4 Å². The molecule has 2 N–H and O–H groups in total. The molecule has 0 bridgehead atoms. The van der Waals surface area contributed by atoms with Crippen LogP contribution >= 0.6 is 0 Å². The van der Waals surface area contributed by atoms with Crippen LogP contribution in [-0.4, -0.2) is 60.4 Å². The minimum Gasteiger partial charge on any atom is -0.325 e. The van der Waals surface area contributed by atoms with Crippen LogP contribution in [0.1, 0.15) is 32.3 Å². The molecule has 0 unspecified atom stereocenters. The molecule has 7 heteroatoms. The molecule has 3 rings (SSSR count). The summed E-state index contributed by atoms with van der Waals surface area (Å²) >= 11 is 0. The van der Waals surface area contributed by atoms with Crippen molar-refractivity contribution in [3.63, 3.8) is 0 Å². The number of piperazine rings is 1. The second kappa shape index (κ2) is 10.5. The molecule has 6 nitrogen and oxygen atoms in total. The average molecular weight is 427 g/mol. The highest BCUT2D eigenvalue weighted by Gasteiger charge is 2.26. The topological polar surface area (TPSA) is 64.7 Å². The summed E-state index contributed by atoms with van der Waals surface area (Å²) in [5.74, 6) is -0.130. The molecular formula is C24H31FN4O2. The van der Waals surface area contributed by atoms with Crippen LogP contribution in [0.2, 0.25) is 0 Å². The van der Waals surface area contributed by atoms with Gasteiger partial charge in [0.25, 0.3) is 0 Å². The van der Waals surface area contributed by atoms with Crippen molar-refractivity contribution in [1.82, 2.24) is 9.80 Å². The van der Waals surface area contributed by atoms with Gasteiger partial charge in [-0.15, -0.1) is 0 Å². The number of halogens is 1. The lowest BCUT2D eigenvalue weighted by Crippen LogP contribution is -2.53. The number of nitrogens with one attached hydrogen (secondary N) is 2. The largest absolute Gasteiger partial charge is 0.325 e. The molecule has 0 aromatic heterocycles. The van der Waals surface area contributed by atoms with Crippen molar-refractivity contribution in [2.45, 2.75) is 32.7 Å². The van der Waals surface area contributed by atoms with E-state index < -0.39 is 0 Å². The summed E-state index contributed by atoms with van der Waals surface area (Å²) in [7, 11) is 0. The molecule has 1 atom stereocenters. The maximum absolute atomic E-state index is 13.2. The summed E-state index contributed by atoms with van der Waals surface area (Å²) in [6.07, 6.45) is 0. The summed E-state index contributed by atoms with van der Waals surface area (Å²) in [6.45, 7) is 9.22. The van der Waals surface area contributed by atoms with E-state index in [1.165, 1.54) is 17.7 Å². The van der Waals surface area contributed by atoms with Gasteiger partial charge in [0.2, 0.25) is 11.8 Å². The number of rotatable bonds is 7. The van der Waals surface area contributed by atoms with Gasteiger partial charge < -0.3 is 10.6 Å². The van der Waals surface area contributed by atoms with Crippen LogP contribution in [0.5, 0.6) is 0 Å². The third-order valence-corrected chi connectivity index (χ3v) is 5.65. The van der Waals surface area contributed by atoms with E-state index in [2.05, 4.69) is 29.4 Å². The third kappa shape index (κ3) is 6.60. The molecule has 1 aliphatic rings. The normalized spacial score (nSPS) is 16.2. The average Bonchev–Trinajstić information content (AvgIpc) is 2.74. The summed E-state index contributed by atoms with van der Waals surface area (Å²) < 4.78 is 13.2. The maximum atomic E-state index is 13.2. The lowest BCUT2D eigenvalue weighted by Gasteiger charge is -2.37. The molecule has 2 aromatic carbocycles. The summed E-state index contributed by atoms with van der Waals surface area (Å²) in [5.41, 5.74) is 2.49. The van der Waals surface area contributed by atoms with E-state index in [9.17, 15) is 14.0 Å². The SMILES string of the molecule is CC(C)c1ccc(NC(=O)[C@@H](C)N2CCN(CC(=O)Nc3cccc(F)c3)CC2)cc1. The van der Waals surface area contributed by atoms with Crippen LogP contribution in [0.3, 0.4) is 0 Å². The zero-order valence-corrected chi connectivity index (χ0v) is 18.4. The lowest BCUT2D eigenvalue weighted by molar-refractivity contribution is -0.122. The lowest BCUT2D eigenvalue weighted by atomic mass is 10.0. The highest BCUT2D eigenvalue weighted by molar-refractivity contribution is 5.94. The second-order valence-corrected chi connectivity index (χ2v) is 8.31. The monoisotopic (exact) mass is 426 g/mol. The highest BCUT2D eigenvalue weighted by Crippen LogP contribution is 2.18. The van der Waals surface area contributed by atoms with Gasteiger partial charge in [-0.1, -0.05) is 32.0 Å². The van der Waals surface area contributed by atoms with Crippen molar-refractivity contribution in [1.29, 1.82) is 0 Å². The molecule has 0 spiro atoms. The Kier molecular flexibility index (Phi) is 7.76. The highest BCUT2D eigenvalue weighted by atomic mass is 19.1. The van der Waals surface area contributed by atoms with Crippen LogP contribution < -0.4 is 10.6 Å². The third-order valence-electron chi connectivity index (χ3n) is 5.65. The zero-order chi connectivity index (χ0) is 22.4. The van der Waals surface area contributed by atoms with Crippen molar-refractivity contribution in [3.8, 4) is 0 Å². The molecule has 1 heterocycles. The molecule has 1 aliphatic heterocycles. The minimum atomic E-state index is -0.380. The van der Waals surface area contributed by atoms with Crippen LogP contribution in [-0.2, 0) is 9.59 Å². The predicted octanol–water partition coefficient (Wildman–Crippen LogP) is 3.53. The van der Waals surface area contributed by atoms with Crippen LogP contribution in [0, 0.1) is 5.82 Å². The Hall–Kier alpha value is -2.77. The molecule has 31 heavy (non-hydrogen) atoms. The molecule has 1 saturated heterocycles. The molecule has 0 radical (unpaired) electrons. The van der Waals surface area contributed by atoms with Crippen LogP contribution in [0.15, 0.2) is 48.5 Å². The van der Waals surface area contributed by atoms with Gasteiger partial charge in [0.15, 0.2) is 0 Å². The Balaban J connectivity index is 1.43. The molecule has 2 amide bonds. The number of hydrogen-bond acceptors (Lipinski definition) is 4. The van der Waals surface area contributed by atoms with E-state index in [0.717, 1.165) is 5.69 Å². The second-order valence-electron chi connectivity index (χ2n) is 8.31. The van der Waals surface area contributed by atoms with Gasteiger partial charge in [0.1, 0.15) is 5.82 Å². The van der Waals surface area contributed by atoms with Crippen molar-refractivity contribution < 1.29 is 14.0 Å². The zero-order valence-electron chi connectivity index (χ0n) is 18.4. The van der Waals surface area contributed by atoms with E-state index >= 15 is 0 Å². The quantitative estimate of drug-likeness (QED) is 0.711. The number of amides is 2. The Morgan fingerprint density at radius 2 is 1.61 bits per heavy atom. The minimum absolute atomic E-state index is 0.0328. The Morgan fingerprint density at radius 3 is 2.23 bits per heavy atom. The van der Waals surface area contributed by atoms with Crippen molar-refractivity contribution >= 4 is 23.2 Å². The predicted molar refractivity (Wildman–Crippen MR) is 122 cm³/mol. The first-order chi connectivity index (χ1) is 14.8. The molecule has 0 aliphatic carbocycles. The van der Waals surface area contributed by atoms with Gasteiger partial charge in [-0.25, -0.2) is 4.39 Å². The molecule has 1 fully saturated rings. The summed E-state index contributed by atoms with van der Waals surface area (Å²) in [5, 5.41) is 5.71. The first-order valence-corrected chi connectivity index (χ1v) is 10.7. The van der Waals surface area contributed by atoms with Crippen molar-refractivity contribution in [2.24, 2.45) is 0 Å². The summed E-state index contributed by atoms with van der Waals surface area (Å²) in [6, 6.07) is 13.6. The van der Waals surface area contributed by atoms with E-state index in [1.807, 2.05) is 36.1 Å². The fourth-order valence-corrected chi connectivity index (χ4v) is 3.64. The van der Waals surface area contributed by atoms with Gasteiger partial charge >= 0.3 is 0 Å². The number of carbonyl (C=O) groups excluding carboxylic acids is 2. The van der Waals surface area contributed by atoms with E-state index in [4.69, 9.17) is 0 Å². The smallest absolute Gasteiger partial charge is 0.241 e. The first-order valence-electron chi connectivity index (χ1n) is 10.7. The van der Waals surface area contributed by atoms with Gasteiger partial charge in [-0.05, 0) is 48.7 Å². The number of carbonyl (C=O) groups is 2. The number of anilines is 2. The summed E-state index contributed by atoms with van der Waals surface area (Å²) in [4.78, 5) is 29.1. The van der Waals surface area contributed by atoms with E-state index in [-0.39, 0.29) is 30.2 Å². The van der Waals surface area contributed by atoms with Gasteiger partial charge in [0, 0.05) is 37.6 Å². The Labute approximate surface area is 183 Å². The molecule has 0 saturated carbocycles.